The van der Waals surface area contributed by atoms with Gasteiger partial charge in [0, 0.05) is 63.6 Å². The molecule has 2 amide bonds. The van der Waals surface area contributed by atoms with Crippen molar-refractivity contribution in [2.24, 2.45) is 0 Å². The second-order valence-electron chi connectivity index (χ2n) is 6.00. The molecule has 6 heteroatoms. The first-order valence-corrected chi connectivity index (χ1v) is 8.72. The van der Waals surface area contributed by atoms with Crippen LogP contribution in [0.3, 0.4) is 0 Å². The van der Waals surface area contributed by atoms with Crippen LogP contribution < -0.4 is 10.2 Å². The monoisotopic (exact) mass is 332 g/mol. The highest BCUT2D eigenvalue weighted by Gasteiger charge is 2.16. The van der Waals surface area contributed by atoms with Crippen molar-refractivity contribution in [1.82, 2.24) is 9.80 Å². The molecule has 0 bridgehead atoms. The van der Waals surface area contributed by atoms with E-state index >= 15 is 0 Å². The van der Waals surface area contributed by atoms with E-state index in [1.54, 1.807) is 4.90 Å². The maximum absolute atomic E-state index is 12.1. The molecule has 0 radical (unpaired) electrons. The van der Waals surface area contributed by atoms with E-state index < -0.39 is 0 Å². The lowest BCUT2D eigenvalue weighted by atomic mass is 10.2. The van der Waals surface area contributed by atoms with Gasteiger partial charge in [0.2, 0.25) is 12.3 Å². The molecule has 0 saturated carbocycles. The van der Waals surface area contributed by atoms with Gasteiger partial charge in [0.1, 0.15) is 0 Å². The number of carbonyl (C=O) groups is 2. The molecule has 1 heterocycles. The molecule has 132 valence electrons. The molecule has 2 rings (SSSR count). The Morgan fingerprint density at radius 2 is 1.75 bits per heavy atom. The molecule has 0 unspecified atom stereocenters. The van der Waals surface area contributed by atoms with Crippen molar-refractivity contribution >= 4 is 23.7 Å². The van der Waals surface area contributed by atoms with Crippen LogP contribution in [0.15, 0.2) is 24.3 Å². The molecule has 1 aliphatic rings. The Balaban J connectivity index is 1.75. The van der Waals surface area contributed by atoms with Crippen LogP contribution in [0.1, 0.15) is 20.3 Å². The average Bonchev–Trinajstić information content (AvgIpc) is 2.63. The maximum Gasteiger partial charge on any atom is 0.225 e. The van der Waals surface area contributed by atoms with Crippen LogP contribution in [0.2, 0.25) is 0 Å². The lowest BCUT2D eigenvalue weighted by Gasteiger charge is -2.32. The Morgan fingerprint density at radius 1 is 1.12 bits per heavy atom. The number of carbonyl (C=O) groups excluding carboxylic acids is 2. The number of benzene rings is 1. The van der Waals surface area contributed by atoms with Crippen LogP contribution in [0, 0.1) is 0 Å². The van der Waals surface area contributed by atoms with Gasteiger partial charge in [0.05, 0.1) is 0 Å². The third-order valence-electron chi connectivity index (χ3n) is 4.49. The second-order valence-corrected chi connectivity index (χ2v) is 6.00. The summed E-state index contributed by atoms with van der Waals surface area (Å²) < 4.78 is 0. The Labute approximate surface area is 144 Å². The van der Waals surface area contributed by atoms with Gasteiger partial charge in [-0.25, -0.2) is 0 Å². The topological polar surface area (TPSA) is 55.9 Å². The molecule has 0 aromatic heterocycles. The fraction of sp³-hybridized carbons (Fsp3) is 0.556. The summed E-state index contributed by atoms with van der Waals surface area (Å²) in [5.74, 6) is 0.0309. The van der Waals surface area contributed by atoms with E-state index in [0.29, 0.717) is 6.42 Å². The summed E-state index contributed by atoms with van der Waals surface area (Å²) >= 11 is 0. The average molecular weight is 332 g/mol. The lowest BCUT2D eigenvalue weighted by molar-refractivity contribution is -0.120. The van der Waals surface area contributed by atoms with Gasteiger partial charge in [-0.05, 0) is 38.1 Å². The normalized spacial score (nSPS) is 15.2. The smallest absolute Gasteiger partial charge is 0.225 e. The highest BCUT2D eigenvalue weighted by molar-refractivity contribution is 5.91. The van der Waals surface area contributed by atoms with Gasteiger partial charge < -0.3 is 15.1 Å². The summed E-state index contributed by atoms with van der Waals surface area (Å²) in [5.41, 5.74) is 2.01. The molecule has 1 saturated heterocycles. The molecule has 1 aromatic rings. The Hall–Kier alpha value is -2.08. The zero-order chi connectivity index (χ0) is 17.4. The SMILES string of the molecule is CCN(CC)c1ccc(NC(=O)CCN2CCN(C=O)CC2)cc1. The third-order valence-corrected chi connectivity index (χ3v) is 4.49. The van der Waals surface area contributed by atoms with Crippen molar-refractivity contribution in [1.29, 1.82) is 0 Å². The quantitative estimate of drug-likeness (QED) is 0.735. The standard InChI is InChI=1S/C18H28N4O2/c1-3-22(4-2)17-7-5-16(6-8-17)19-18(24)9-10-20-11-13-21(15-23)14-12-20/h5-8,15H,3-4,9-14H2,1-2H3,(H,19,24). The van der Waals surface area contributed by atoms with Crippen LogP contribution in [0.5, 0.6) is 0 Å². The minimum atomic E-state index is 0.0309. The van der Waals surface area contributed by atoms with Gasteiger partial charge in [0.15, 0.2) is 0 Å². The number of hydrogen-bond acceptors (Lipinski definition) is 4. The minimum Gasteiger partial charge on any atom is -0.372 e. The number of hydrogen-bond donors (Lipinski definition) is 1. The summed E-state index contributed by atoms with van der Waals surface area (Å²) in [6.45, 7) is 10.1. The van der Waals surface area contributed by atoms with Crippen LogP contribution in [-0.2, 0) is 9.59 Å². The Bertz CT molecular complexity index is 520. The third kappa shape index (κ3) is 5.23. The van der Waals surface area contributed by atoms with E-state index in [9.17, 15) is 9.59 Å². The fourth-order valence-corrected chi connectivity index (χ4v) is 2.92. The summed E-state index contributed by atoms with van der Waals surface area (Å²) in [5, 5.41) is 2.95. The summed E-state index contributed by atoms with van der Waals surface area (Å²) in [6, 6.07) is 7.99. The maximum atomic E-state index is 12.1. The van der Waals surface area contributed by atoms with Crippen LogP contribution >= 0.6 is 0 Å². The van der Waals surface area contributed by atoms with E-state index in [1.807, 2.05) is 24.3 Å². The first-order chi connectivity index (χ1) is 11.7. The first-order valence-electron chi connectivity index (χ1n) is 8.72. The van der Waals surface area contributed by atoms with Crippen molar-refractivity contribution in [2.45, 2.75) is 20.3 Å². The summed E-state index contributed by atoms with van der Waals surface area (Å²) in [4.78, 5) is 29.0. The molecular weight excluding hydrogens is 304 g/mol. The number of piperazine rings is 1. The van der Waals surface area contributed by atoms with Crippen molar-refractivity contribution < 1.29 is 9.59 Å². The van der Waals surface area contributed by atoms with E-state index in [2.05, 4.69) is 29.0 Å². The van der Waals surface area contributed by atoms with E-state index in [0.717, 1.165) is 57.9 Å². The number of nitrogens with one attached hydrogen (secondary N) is 1. The number of nitrogens with zero attached hydrogens (tertiary/aromatic N) is 3. The van der Waals surface area contributed by atoms with Gasteiger partial charge in [-0.15, -0.1) is 0 Å². The van der Waals surface area contributed by atoms with Crippen molar-refractivity contribution in [3.63, 3.8) is 0 Å². The summed E-state index contributed by atoms with van der Waals surface area (Å²) in [6.07, 6.45) is 1.37. The largest absolute Gasteiger partial charge is 0.372 e. The first kappa shape index (κ1) is 18.3. The summed E-state index contributed by atoms with van der Waals surface area (Å²) in [7, 11) is 0. The molecule has 1 N–H and O–H groups in total. The molecule has 6 nitrogen and oxygen atoms in total. The van der Waals surface area contributed by atoms with Crippen LogP contribution in [0.4, 0.5) is 11.4 Å². The lowest BCUT2D eigenvalue weighted by Crippen LogP contribution is -2.46. The highest BCUT2D eigenvalue weighted by atomic mass is 16.1. The number of amides is 2. The zero-order valence-electron chi connectivity index (χ0n) is 14.7. The van der Waals surface area contributed by atoms with Gasteiger partial charge >= 0.3 is 0 Å². The van der Waals surface area contributed by atoms with Gasteiger partial charge in [0.25, 0.3) is 0 Å². The predicted molar refractivity (Wildman–Crippen MR) is 97.3 cm³/mol. The Kier molecular flexibility index (Phi) is 7.06. The predicted octanol–water partition coefficient (Wildman–Crippen LogP) is 1.64. The molecule has 1 fully saturated rings. The highest BCUT2D eigenvalue weighted by Crippen LogP contribution is 2.17. The number of rotatable bonds is 8. The molecule has 0 atom stereocenters. The van der Waals surface area contributed by atoms with Crippen molar-refractivity contribution in [3.8, 4) is 0 Å². The van der Waals surface area contributed by atoms with E-state index in [-0.39, 0.29) is 5.91 Å². The van der Waals surface area contributed by atoms with Gasteiger partial charge in [-0.1, -0.05) is 0 Å². The van der Waals surface area contributed by atoms with E-state index in [4.69, 9.17) is 0 Å². The molecular formula is C18H28N4O2. The fourth-order valence-electron chi connectivity index (χ4n) is 2.92. The van der Waals surface area contributed by atoms with Crippen molar-refractivity contribution in [3.05, 3.63) is 24.3 Å². The molecule has 1 aliphatic heterocycles. The van der Waals surface area contributed by atoms with Gasteiger partial charge in [-0.3, -0.25) is 14.5 Å². The van der Waals surface area contributed by atoms with E-state index in [1.165, 1.54) is 5.69 Å². The zero-order valence-corrected chi connectivity index (χ0v) is 14.7. The number of anilines is 2. The molecule has 24 heavy (non-hydrogen) atoms. The van der Waals surface area contributed by atoms with Gasteiger partial charge in [-0.2, -0.15) is 0 Å². The minimum absolute atomic E-state index is 0.0309. The van der Waals surface area contributed by atoms with Crippen LogP contribution in [0.25, 0.3) is 0 Å². The van der Waals surface area contributed by atoms with Crippen LogP contribution in [-0.4, -0.2) is 67.9 Å². The molecule has 1 aromatic carbocycles. The van der Waals surface area contributed by atoms with Crippen molar-refractivity contribution in [2.75, 3.05) is 56.0 Å². The molecule has 0 spiro atoms. The molecule has 0 aliphatic carbocycles. The Morgan fingerprint density at radius 3 is 2.29 bits per heavy atom. The second kappa shape index (κ2) is 9.27.